The molecule has 1 fully saturated rings. The summed E-state index contributed by atoms with van der Waals surface area (Å²) in [7, 11) is 0. The first-order valence-corrected chi connectivity index (χ1v) is 6.83. The van der Waals surface area contributed by atoms with E-state index in [1.165, 1.54) is 0 Å². The SMILES string of the molecule is N#Cc1cccc2c1CN(C1CCCCNC1=O)C2=O. The maximum absolute atomic E-state index is 12.5. The highest BCUT2D eigenvalue weighted by atomic mass is 16.2. The van der Waals surface area contributed by atoms with E-state index in [1.54, 1.807) is 23.1 Å². The monoisotopic (exact) mass is 269 g/mol. The summed E-state index contributed by atoms with van der Waals surface area (Å²) in [6, 6.07) is 6.86. The topological polar surface area (TPSA) is 73.2 Å². The zero-order valence-corrected chi connectivity index (χ0v) is 11.1. The van der Waals surface area contributed by atoms with Crippen molar-refractivity contribution < 1.29 is 9.59 Å². The van der Waals surface area contributed by atoms with Gasteiger partial charge in [0.25, 0.3) is 5.91 Å². The van der Waals surface area contributed by atoms with Crippen molar-refractivity contribution in [2.75, 3.05) is 6.54 Å². The molecule has 1 unspecified atom stereocenters. The summed E-state index contributed by atoms with van der Waals surface area (Å²) in [5.74, 6) is -0.221. The quantitative estimate of drug-likeness (QED) is 0.832. The second-order valence-electron chi connectivity index (χ2n) is 5.18. The van der Waals surface area contributed by atoms with Gasteiger partial charge in [0.2, 0.25) is 5.91 Å². The highest BCUT2D eigenvalue weighted by Crippen LogP contribution is 2.29. The number of amides is 2. The number of nitrogens with one attached hydrogen (secondary N) is 1. The van der Waals surface area contributed by atoms with Crippen LogP contribution in [0.3, 0.4) is 0 Å². The second-order valence-corrected chi connectivity index (χ2v) is 5.18. The van der Waals surface area contributed by atoms with E-state index in [0.717, 1.165) is 18.4 Å². The lowest BCUT2D eigenvalue weighted by atomic mass is 10.0. The zero-order valence-electron chi connectivity index (χ0n) is 11.1. The zero-order chi connectivity index (χ0) is 14.1. The van der Waals surface area contributed by atoms with Gasteiger partial charge in [-0.05, 0) is 31.4 Å². The summed E-state index contributed by atoms with van der Waals surface area (Å²) in [5, 5.41) is 12.0. The first-order valence-electron chi connectivity index (χ1n) is 6.83. The molecule has 1 aromatic rings. The van der Waals surface area contributed by atoms with Gasteiger partial charge in [-0.3, -0.25) is 9.59 Å². The standard InChI is InChI=1S/C15H15N3O2/c16-8-10-4-3-5-11-12(10)9-18(15(11)20)13-6-1-2-7-17-14(13)19/h3-5,13H,1-2,6-7,9H2,(H,17,19). The van der Waals surface area contributed by atoms with Gasteiger partial charge in [0.05, 0.1) is 11.6 Å². The van der Waals surface area contributed by atoms with Gasteiger partial charge in [0, 0.05) is 24.2 Å². The van der Waals surface area contributed by atoms with Crippen molar-refractivity contribution in [1.29, 1.82) is 5.26 Å². The molecule has 0 spiro atoms. The van der Waals surface area contributed by atoms with Crippen LogP contribution in [0.25, 0.3) is 0 Å². The summed E-state index contributed by atoms with van der Waals surface area (Å²) in [6.07, 6.45) is 2.56. The lowest BCUT2D eigenvalue weighted by Crippen LogP contribution is -2.45. The number of nitriles is 1. The van der Waals surface area contributed by atoms with Crippen LogP contribution in [-0.4, -0.2) is 29.3 Å². The first-order chi connectivity index (χ1) is 9.72. The molecule has 0 saturated carbocycles. The van der Waals surface area contributed by atoms with Crippen LogP contribution in [0.2, 0.25) is 0 Å². The Morgan fingerprint density at radius 3 is 2.95 bits per heavy atom. The number of hydrogen-bond donors (Lipinski definition) is 1. The number of carbonyl (C=O) groups is 2. The smallest absolute Gasteiger partial charge is 0.255 e. The predicted octanol–water partition coefficient (Wildman–Crippen LogP) is 1.18. The minimum absolute atomic E-state index is 0.0813. The van der Waals surface area contributed by atoms with Crippen LogP contribution in [0.1, 0.15) is 40.7 Å². The van der Waals surface area contributed by atoms with Crippen molar-refractivity contribution in [2.24, 2.45) is 0 Å². The molecule has 2 aliphatic rings. The number of carbonyl (C=O) groups excluding carboxylic acids is 2. The Morgan fingerprint density at radius 1 is 1.30 bits per heavy atom. The Balaban J connectivity index is 1.93. The predicted molar refractivity (Wildman–Crippen MR) is 71.7 cm³/mol. The van der Waals surface area contributed by atoms with Crippen LogP contribution >= 0.6 is 0 Å². The van der Waals surface area contributed by atoms with Crippen LogP contribution in [0, 0.1) is 11.3 Å². The van der Waals surface area contributed by atoms with Crippen molar-refractivity contribution in [2.45, 2.75) is 31.8 Å². The van der Waals surface area contributed by atoms with E-state index in [0.29, 0.717) is 30.6 Å². The average molecular weight is 269 g/mol. The Bertz CT molecular complexity index is 618. The summed E-state index contributed by atoms with van der Waals surface area (Å²) in [5.41, 5.74) is 1.82. The van der Waals surface area contributed by atoms with Gasteiger partial charge in [0.15, 0.2) is 0 Å². The minimum atomic E-state index is -0.413. The summed E-state index contributed by atoms with van der Waals surface area (Å²) in [6.45, 7) is 1.03. The molecule has 2 aliphatic heterocycles. The number of rotatable bonds is 1. The molecule has 2 amide bonds. The van der Waals surface area contributed by atoms with E-state index in [9.17, 15) is 9.59 Å². The van der Waals surface area contributed by atoms with Crippen LogP contribution in [-0.2, 0) is 11.3 Å². The van der Waals surface area contributed by atoms with E-state index >= 15 is 0 Å². The molecule has 0 aliphatic carbocycles. The molecule has 0 radical (unpaired) electrons. The maximum Gasteiger partial charge on any atom is 0.255 e. The number of benzene rings is 1. The third-order valence-corrected chi connectivity index (χ3v) is 4.00. The molecule has 1 aromatic carbocycles. The number of nitrogens with zero attached hydrogens (tertiary/aromatic N) is 2. The van der Waals surface area contributed by atoms with Gasteiger partial charge in [-0.2, -0.15) is 5.26 Å². The molecule has 20 heavy (non-hydrogen) atoms. The molecule has 0 aromatic heterocycles. The summed E-state index contributed by atoms with van der Waals surface area (Å²) >= 11 is 0. The summed E-state index contributed by atoms with van der Waals surface area (Å²) in [4.78, 5) is 26.1. The minimum Gasteiger partial charge on any atom is -0.354 e. The molecule has 2 heterocycles. The van der Waals surface area contributed by atoms with Crippen LogP contribution < -0.4 is 5.32 Å². The third-order valence-electron chi connectivity index (χ3n) is 4.00. The van der Waals surface area contributed by atoms with E-state index < -0.39 is 6.04 Å². The van der Waals surface area contributed by atoms with Crippen molar-refractivity contribution in [3.05, 3.63) is 34.9 Å². The van der Waals surface area contributed by atoms with Crippen LogP contribution in [0.4, 0.5) is 0 Å². The molecular formula is C15H15N3O2. The first kappa shape index (κ1) is 12.7. The molecule has 1 saturated heterocycles. The second kappa shape index (κ2) is 4.97. The molecule has 5 heteroatoms. The molecule has 1 N–H and O–H groups in total. The van der Waals surface area contributed by atoms with Crippen molar-refractivity contribution >= 4 is 11.8 Å². The lowest BCUT2D eigenvalue weighted by molar-refractivity contribution is -0.125. The summed E-state index contributed by atoms with van der Waals surface area (Å²) < 4.78 is 0. The van der Waals surface area contributed by atoms with Crippen molar-refractivity contribution in [3.8, 4) is 6.07 Å². The van der Waals surface area contributed by atoms with Gasteiger partial charge in [-0.25, -0.2) is 0 Å². The fourth-order valence-corrected chi connectivity index (χ4v) is 2.93. The van der Waals surface area contributed by atoms with Crippen molar-refractivity contribution in [3.63, 3.8) is 0 Å². The third kappa shape index (κ3) is 1.94. The number of fused-ring (bicyclic) bond motifs is 1. The van der Waals surface area contributed by atoms with E-state index in [-0.39, 0.29) is 11.8 Å². The molecule has 1 atom stereocenters. The Kier molecular flexibility index (Phi) is 3.15. The molecular weight excluding hydrogens is 254 g/mol. The molecule has 5 nitrogen and oxygen atoms in total. The normalized spacial score (nSPS) is 21.9. The van der Waals surface area contributed by atoms with Gasteiger partial charge < -0.3 is 10.2 Å². The van der Waals surface area contributed by atoms with Gasteiger partial charge in [-0.15, -0.1) is 0 Å². The van der Waals surface area contributed by atoms with Crippen LogP contribution in [0.5, 0.6) is 0 Å². The molecule has 102 valence electrons. The van der Waals surface area contributed by atoms with Crippen molar-refractivity contribution in [1.82, 2.24) is 10.2 Å². The lowest BCUT2D eigenvalue weighted by Gasteiger charge is -2.25. The number of hydrogen-bond acceptors (Lipinski definition) is 3. The Morgan fingerprint density at radius 2 is 2.15 bits per heavy atom. The molecule has 0 bridgehead atoms. The van der Waals surface area contributed by atoms with Gasteiger partial charge >= 0.3 is 0 Å². The fourth-order valence-electron chi connectivity index (χ4n) is 2.93. The highest BCUT2D eigenvalue weighted by Gasteiger charge is 2.37. The highest BCUT2D eigenvalue weighted by molar-refractivity contribution is 6.01. The largest absolute Gasteiger partial charge is 0.354 e. The average Bonchev–Trinajstić information content (AvgIpc) is 2.65. The van der Waals surface area contributed by atoms with Crippen LogP contribution in [0.15, 0.2) is 18.2 Å². The Labute approximate surface area is 117 Å². The van der Waals surface area contributed by atoms with E-state index in [2.05, 4.69) is 11.4 Å². The fraction of sp³-hybridized carbons (Fsp3) is 0.400. The van der Waals surface area contributed by atoms with E-state index in [4.69, 9.17) is 5.26 Å². The van der Waals surface area contributed by atoms with Gasteiger partial charge in [-0.1, -0.05) is 6.07 Å². The van der Waals surface area contributed by atoms with E-state index in [1.807, 2.05) is 0 Å². The Hall–Kier alpha value is -2.35. The van der Waals surface area contributed by atoms with Gasteiger partial charge in [0.1, 0.15) is 6.04 Å². The molecule has 3 rings (SSSR count). The maximum atomic E-state index is 12.5.